The summed E-state index contributed by atoms with van der Waals surface area (Å²) in [5, 5.41) is 6.87. The zero-order valence-electron chi connectivity index (χ0n) is 33.9. The molecule has 1 aliphatic heterocycles. The fraction of sp³-hybridized carbons (Fsp3) is 0.683. The van der Waals surface area contributed by atoms with Gasteiger partial charge in [-0.15, -0.1) is 11.8 Å². The molecule has 0 aliphatic carbocycles. The lowest BCUT2D eigenvalue weighted by molar-refractivity contribution is -0.147. The van der Waals surface area contributed by atoms with Gasteiger partial charge in [0.1, 0.15) is 6.04 Å². The number of carbonyl (C=O) groups is 4. The Balaban J connectivity index is 2.29. The number of ether oxygens (including phenoxy) is 2. The summed E-state index contributed by atoms with van der Waals surface area (Å²) in [6, 6.07) is 9.60. The van der Waals surface area contributed by atoms with E-state index in [9.17, 15) is 19.2 Å². The topological polar surface area (TPSA) is 130 Å². The first-order chi connectivity index (χ1) is 25.1. The molecule has 0 spiro atoms. The van der Waals surface area contributed by atoms with Crippen LogP contribution in [0.3, 0.4) is 0 Å². The van der Waals surface area contributed by atoms with Gasteiger partial charge in [0, 0.05) is 40.4 Å². The monoisotopic (exact) mass is 755 g/mol. The van der Waals surface area contributed by atoms with E-state index in [1.807, 2.05) is 64.8 Å². The molecule has 296 valence electrons. The van der Waals surface area contributed by atoms with Crippen LogP contribution in [0.4, 0.5) is 0 Å². The van der Waals surface area contributed by atoms with Crippen molar-refractivity contribution >= 4 is 40.4 Å². The molecular formula is C41H65N5O6S. The smallest absolute Gasteiger partial charge is 0.245 e. The van der Waals surface area contributed by atoms with E-state index in [1.165, 1.54) is 18.0 Å². The van der Waals surface area contributed by atoms with Crippen molar-refractivity contribution in [1.29, 1.82) is 0 Å². The first-order valence-electron chi connectivity index (χ1n) is 19.0. The van der Waals surface area contributed by atoms with Gasteiger partial charge in [0.25, 0.3) is 0 Å². The van der Waals surface area contributed by atoms with Crippen LogP contribution in [0, 0.1) is 35.8 Å². The Morgan fingerprint density at radius 2 is 1.79 bits per heavy atom. The number of nitrogens with zero attached hydrogens (tertiary/aromatic N) is 3. The first-order valence-corrected chi connectivity index (χ1v) is 20.2. The molecule has 0 saturated carbocycles. The molecule has 1 saturated heterocycles. The summed E-state index contributed by atoms with van der Waals surface area (Å²) < 4.78 is 12.0. The van der Waals surface area contributed by atoms with Crippen LogP contribution < -0.4 is 10.6 Å². The van der Waals surface area contributed by atoms with Gasteiger partial charge >= 0.3 is 0 Å². The van der Waals surface area contributed by atoms with Crippen LogP contribution in [0.1, 0.15) is 86.1 Å². The Morgan fingerprint density at radius 3 is 2.32 bits per heavy atom. The number of likely N-dealkylation sites (N-methyl/N-ethyl adjacent to an activating group) is 1. The normalized spacial score (nSPS) is 18.7. The highest BCUT2D eigenvalue weighted by Gasteiger charge is 2.43. The second-order valence-electron chi connectivity index (χ2n) is 14.9. The molecule has 1 unspecified atom stereocenters. The van der Waals surface area contributed by atoms with Crippen LogP contribution in [-0.2, 0) is 35.1 Å². The van der Waals surface area contributed by atoms with E-state index in [4.69, 9.17) is 9.47 Å². The Bertz CT molecular complexity index is 1360. The largest absolute Gasteiger partial charge is 0.379 e. The van der Waals surface area contributed by atoms with Crippen LogP contribution in [0.5, 0.6) is 0 Å². The highest BCUT2D eigenvalue weighted by Crippen LogP contribution is 2.30. The molecule has 0 aromatic heterocycles. The summed E-state index contributed by atoms with van der Waals surface area (Å²) in [6.45, 7) is 18.0. The highest BCUT2D eigenvalue weighted by molar-refractivity contribution is 8.13. The average Bonchev–Trinajstić information content (AvgIpc) is 3.61. The number of rotatable bonds is 21. The summed E-state index contributed by atoms with van der Waals surface area (Å²) >= 11 is 1.45. The molecule has 1 aromatic carbocycles. The van der Waals surface area contributed by atoms with Gasteiger partial charge in [-0.05, 0) is 67.0 Å². The number of carbonyl (C=O) groups excluding carboxylic acids is 4. The molecule has 2 N–H and O–H groups in total. The minimum Gasteiger partial charge on any atom is -0.379 e. The van der Waals surface area contributed by atoms with Gasteiger partial charge in [-0.1, -0.05) is 73.6 Å². The van der Waals surface area contributed by atoms with Crippen molar-refractivity contribution in [2.45, 2.75) is 123 Å². The molecule has 1 heterocycles. The number of thioether (sulfide) groups is 1. The van der Waals surface area contributed by atoms with Crippen molar-refractivity contribution in [2.24, 2.45) is 28.7 Å². The first kappa shape index (κ1) is 45.8. The number of nitrogens with one attached hydrogen (secondary N) is 2. The van der Waals surface area contributed by atoms with Crippen LogP contribution in [-0.4, -0.2) is 109 Å². The highest BCUT2D eigenvalue weighted by atomic mass is 32.2. The van der Waals surface area contributed by atoms with Gasteiger partial charge in [0.15, 0.2) is 0 Å². The maximum absolute atomic E-state index is 14.2. The summed E-state index contributed by atoms with van der Waals surface area (Å²) in [5.41, 5.74) is 0.981. The fourth-order valence-corrected chi connectivity index (χ4v) is 7.87. The SMILES string of the molecule is C=C/N=C(\SC)C(Cc1cc#ccc1)NC(=O)[C@H](C)[C@@H](OC)[C@@H]1CCCN1C(=O)C[C@@H](OC)[C@H]([C@@H](C)CC)N(C)C(=O)[C@@H](NC(=O)CC(C)C)C(C)C. The van der Waals surface area contributed by atoms with Gasteiger partial charge in [0.2, 0.25) is 23.6 Å². The van der Waals surface area contributed by atoms with Crippen LogP contribution in [0.25, 0.3) is 0 Å². The van der Waals surface area contributed by atoms with Crippen molar-refractivity contribution < 1.29 is 28.7 Å². The maximum Gasteiger partial charge on any atom is 0.245 e. The molecule has 8 atom stereocenters. The number of amides is 4. The van der Waals surface area contributed by atoms with Crippen molar-refractivity contribution in [3.05, 3.63) is 48.7 Å². The van der Waals surface area contributed by atoms with E-state index in [-0.39, 0.29) is 53.8 Å². The molecule has 1 aromatic rings. The quantitative estimate of drug-likeness (QED) is 0.128. The molecule has 1 fully saturated rings. The predicted octanol–water partition coefficient (Wildman–Crippen LogP) is 5.33. The van der Waals surface area contributed by atoms with E-state index >= 15 is 0 Å². The summed E-state index contributed by atoms with van der Waals surface area (Å²) in [4.78, 5) is 62.8. The lowest BCUT2D eigenvalue weighted by Gasteiger charge is -2.41. The summed E-state index contributed by atoms with van der Waals surface area (Å²) in [7, 11) is 4.89. The molecule has 0 bridgehead atoms. The fourth-order valence-electron chi connectivity index (χ4n) is 7.26. The lowest BCUT2D eigenvalue weighted by atomic mass is 9.89. The van der Waals surface area contributed by atoms with Crippen LogP contribution >= 0.6 is 11.8 Å². The Morgan fingerprint density at radius 1 is 1.09 bits per heavy atom. The molecule has 1 aliphatic rings. The third-order valence-electron chi connectivity index (χ3n) is 10.3. The molecule has 53 heavy (non-hydrogen) atoms. The standard InChI is InChI=1S/C41H65N5O6S/c1-13-28(7)37(45(9)41(50)36(27(5)6)44-34(47)23-26(3)4)33(51-10)25-35(48)46-22-18-21-32(46)38(52-11)29(8)39(49)43-31(40(53-12)42-14-2)24-30-19-16-15-17-20-30/h14,16,19-20,26-29,31-33,36-38H,2,13,18,21-25H2,1,3-12H3,(H,43,49)(H,44,47)/b42-40-/t28-,29+,31?,32-,33+,36-,37-,38+/m0/s1. The van der Waals surface area contributed by atoms with Crippen molar-refractivity contribution in [2.75, 3.05) is 34.1 Å². The van der Waals surface area contributed by atoms with Crippen molar-refractivity contribution in [3.63, 3.8) is 0 Å². The van der Waals surface area contributed by atoms with E-state index in [2.05, 4.69) is 41.3 Å². The van der Waals surface area contributed by atoms with Gasteiger partial charge in [-0.2, -0.15) is 0 Å². The number of hydrogen-bond acceptors (Lipinski definition) is 8. The lowest BCUT2D eigenvalue weighted by Crippen LogP contribution is -2.58. The summed E-state index contributed by atoms with van der Waals surface area (Å²) in [5.74, 6) is -1.25. The van der Waals surface area contributed by atoms with Crippen molar-refractivity contribution in [1.82, 2.24) is 20.4 Å². The molecule has 2 rings (SSSR count). The molecule has 4 amide bonds. The number of hydrogen-bond donors (Lipinski definition) is 2. The van der Waals surface area contributed by atoms with Gasteiger partial charge in [-0.3, -0.25) is 24.2 Å². The van der Waals surface area contributed by atoms with E-state index in [0.29, 0.717) is 25.8 Å². The molecular weight excluding hydrogens is 691 g/mol. The zero-order chi connectivity index (χ0) is 39.8. The molecule has 11 nitrogen and oxygen atoms in total. The van der Waals surface area contributed by atoms with E-state index in [0.717, 1.165) is 23.4 Å². The minimum absolute atomic E-state index is 0.00125. The maximum atomic E-state index is 14.2. The second kappa shape index (κ2) is 22.7. The summed E-state index contributed by atoms with van der Waals surface area (Å²) in [6.07, 6.45) is 5.33. The minimum atomic E-state index is -0.705. The molecule has 12 heteroatoms. The second-order valence-corrected chi connectivity index (χ2v) is 15.8. The number of likely N-dealkylation sites (tertiary alicyclic amines) is 1. The van der Waals surface area contributed by atoms with Gasteiger partial charge < -0.3 is 29.9 Å². The Kier molecular flexibility index (Phi) is 19.6. The Hall–Kier alpha value is -3.40. The third kappa shape index (κ3) is 13.1. The zero-order valence-corrected chi connectivity index (χ0v) is 34.8. The average molecular weight is 756 g/mol. The van der Waals surface area contributed by atoms with E-state index in [1.54, 1.807) is 32.2 Å². The van der Waals surface area contributed by atoms with Gasteiger partial charge in [-0.25, -0.2) is 0 Å². The Labute approximate surface area is 323 Å². The number of methoxy groups -OCH3 is 2. The number of aliphatic imine (C=N–C) groups is 1. The van der Waals surface area contributed by atoms with Crippen LogP contribution in [0.15, 0.2) is 36.0 Å². The van der Waals surface area contributed by atoms with Crippen LogP contribution in [0.2, 0.25) is 0 Å². The van der Waals surface area contributed by atoms with Gasteiger partial charge in [0.05, 0.1) is 47.7 Å². The van der Waals surface area contributed by atoms with E-state index < -0.39 is 36.3 Å². The van der Waals surface area contributed by atoms with Crippen molar-refractivity contribution in [3.8, 4) is 0 Å². The third-order valence-corrected chi connectivity index (χ3v) is 11.1. The molecule has 0 radical (unpaired) electrons. The predicted molar refractivity (Wildman–Crippen MR) is 213 cm³/mol.